The molecule has 0 fully saturated rings. The lowest BCUT2D eigenvalue weighted by Crippen LogP contribution is -2.05. The maximum atomic E-state index is 13.5. The Bertz CT molecular complexity index is 616. The molecule has 0 bridgehead atoms. The maximum absolute atomic E-state index is 13.5. The van der Waals surface area contributed by atoms with Crippen LogP contribution >= 0.6 is 11.6 Å². The van der Waals surface area contributed by atoms with E-state index in [1.165, 1.54) is 6.07 Å². The van der Waals surface area contributed by atoms with E-state index in [2.05, 4.69) is 9.72 Å². The molecule has 1 aromatic heterocycles. The van der Waals surface area contributed by atoms with Crippen LogP contribution in [0.5, 0.6) is 0 Å². The summed E-state index contributed by atoms with van der Waals surface area (Å²) in [5.74, 6) is -2.86. The molecule has 0 saturated carbocycles. The molecule has 1 aromatic carbocycles. The van der Waals surface area contributed by atoms with Crippen LogP contribution in [-0.4, -0.2) is 18.1 Å². The summed E-state index contributed by atoms with van der Waals surface area (Å²) in [6.07, 6.45) is 0. The van der Waals surface area contributed by atoms with Crippen molar-refractivity contribution in [3.05, 3.63) is 40.7 Å². The second kappa shape index (κ2) is 4.25. The molecule has 2 aromatic rings. The van der Waals surface area contributed by atoms with Crippen LogP contribution in [0.4, 0.5) is 8.78 Å². The first-order valence-corrected chi connectivity index (χ1v) is 4.95. The van der Waals surface area contributed by atoms with E-state index in [1.807, 2.05) is 0 Å². The normalized spacial score (nSPS) is 10.6. The maximum Gasteiger partial charge on any atom is 0.356 e. The molecule has 0 aliphatic carbocycles. The summed E-state index contributed by atoms with van der Waals surface area (Å²) < 4.78 is 31.0. The highest BCUT2D eigenvalue weighted by atomic mass is 35.5. The molecular weight excluding hydrogens is 252 g/mol. The van der Waals surface area contributed by atoms with Gasteiger partial charge in [-0.2, -0.15) is 0 Å². The molecule has 0 amide bonds. The van der Waals surface area contributed by atoms with Crippen molar-refractivity contribution >= 4 is 28.3 Å². The van der Waals surface area contributed by atoms with Gasteiger partial charge in [0.05, 0.1) is 7.11 Å². The van der Waals surface area contributed by atoms with Gasteiger partial charge < -0.3 is 4.74 Å². The number of aromatic nitrogens is 1. The number of ether oxygens (including phenoxy) is 1. The molecule has 6 heteroatoms. The van der Waals surface area contributed by atoms with E-state index < -0.39 is 17.6 Å². The number of pyridine rings is 1. The number of methoxy groups -OCH3 is 1. The van der Waals surface area contributed by atoms with E-state index in [0.29, 0.717) is 0 Å². The van der Waals surface area contributed by atoms with Gasteiger partial charge in [-0.25, -0.2) is 18.6 Å². The fourth-order valence-electron chi connectivity index (χ4n) is 1.43. The molecule has 0 aliphatic rings. The Hall–Kier alpha value is -1.75. The largest absolute Gasteiger partial charge is 0.464 e. The molecule has 0 aliphatic heterocycles. The third-order valence-corrected chi connectivity index (χ3v) is 2.54. The highest BCUT2D eigenvalue weighted by molar-refractivity contribution is 6.34. The fourth-order valence-corrected chi connectivity index (χ4v) is 1.69. The number of halogens is 3. The minimum atomic E-state index is -1.07. The number of rotatable bonds is 1. The molecule has 88 valence electrons. The molecular formula is C11H6ClF2NO2. The number of benzene rings is 1. The Labute approximate surface area is 100.0 Å². The SMILES string of the molecule is COC(=O)c1cc2c(F)c(F)ccc2c(Cl)n1. The molecule has 0 radical (unpaired) electrons. The van der Waals surface area contributed by atoms with Crippen molar-refractivity contribution in [3.63, 3.8) is 0 Å². The molecule has 0 atom stereocenters. The smallest absolute Gasteiger partial charge is 0.356 e. The summed E-state index contributed by atoms with van der Waals surface area (Å²) in [7, 11) is 1.16. The zero-order valence-corrected chi connectivity index (χ0v) is 9.39. The predicted octanol–water partition coefficient (Wildman–Crippen LogP) is 2.95. The summed E-state index contributed by atoms with van der Waals surface area (Å²) >= 11 is 5.78. The van der Waals surface area contributed by atoms with Crippen molar-refractivity contribution in [1.82, 2.24) is 4.98 Å². The van der Waals surface area contributed by atoms with Gasteiger partial charge in [0.25, 0.3) is 0 Å². The number of hydrogen-bond donors (Lipinski definition) is 0. The summed E-state index contributed by atoms with van der Waals surface area (Å²) in [5.41, 5.74) is -0.172. The lowest BCUT2D eigenvalue weighted by Gasteiger charge is -2.05. The van der Waals surface area contributed by atoms with Crippen LogP contribution in [0.15, 0.2) is 18.2 Å². The Balaban J connectivity index is 2.79. The second-order valence-electron chi connectivity index (χ2n) is 3.25. The highest BCUT2D eigenvalue weighted by Gasteiger charge is 2.15. The Morgan fingerprint density at radius 2 is 2.06 bits per heavy atom. The van der Waals surface area contributed by atoms with Gasteiger partial charge >= 0.3 is 5.97 Å². The van der Waals surface area contributed by atoms with Gasteiger partial charge in [0.1, 0.15) is 5.15 Å². The second-order valence-corrected chi connectivity index (χ2v) is 3.60. The molecule has 0 unspecified atom stereocenters. The highest BCUT2D eigenvalue weighted by Crippen LogP contribution is 2.26. The van der Waals surface area contributed by atoms with Crippen molar-refractivity contribution in [2.24, 2.45) is 0 Å². The molecule has 2 rings (SSSR count). The third-order valence-electron chi connectivity index (χ3n) is 2.25. The monoisotopic (exact) mass is 257 g/mol. The molecule has 0 spiro atoms. The summed E-state index contributed by atoms with van der Waals surface area (Å²) in [4.78, 5) is 15.0. The van der Waals surface area contributed by atoms with Gasteiger partial charge in [0.2, 0.25) is 0 Å². The first kappa shape index (κ1) is 11.7. The van der Waals surface area contributed by atoms with Gasteiger partial charge in [-0.3, -0.25) is 0 Å². The summed E-state index contributed by atoms with van der Waals surface area (Å²) in [5, 5.41) is 0.0467. The first-order valence-electron chi connectivity index (χ1n) is 4.57. The van der Waals surface area contributed by atoms with Crippen LogP contribution in [0, 0.1) is 11.6 Å². The average molecular weight is 258 g/mol. The quantitative estimate of drug-likeness (QED) is 0.582. The summed E-state index contributed by atoms with van der Waals surface area (Å²) in [6.45, 7) is 0. The van der Waals surface area contributed by atoms with E-state index >= 15 is 0 Å². The van der Waals surface area contributed by atoms with Crippen molar-refractivity contribution in [2.75, 3.05) is 7.11 Å². The van der Waals surface area contributed by atoms with Crippen LogP contribution in [0.1, 0.15) is 10.5 Å². The van der Waals surface area contributed by atoms with Gasteiger partial charge in [0.15, 0.2) is 17.3 Å². The van der Waals surface area contributed by atoms with E-state index in [4.69, 9.17) is 11.6 Å². The fraction of sp³-hybridized carbons (Fsp3) is 0.0909. The predicted molar refractivity (Wildman–Crippen MR) is 58.0 cm³/mol. The van der Waals surface area contributed by atoms with Crippen molar-refractivity contribution in [2.45, 2.75) is 0 Å². The molecule has 3 nitrogen and oxygen atoms in total. The van der Waals surface area contributed by atoms with E-state index in [0.717, 1.165) is 19.2 Å². The number of fused-ring (bicyclic) bond motifs is 1. The van der Waals surface area contributed by atoms with Crippen LogP contribution in [0.25, 0.3) is 10.8 Å². The Morgan fingerprint density at radius 3 is 2.71 bits per heavy atom. The van der Waals surface area contributed by atoms with Gasteiger partial charge in [-0.15, -0.1) is 0 Å². The van der Waals surface area contributed by atoms with Crippen molar-refractivity contribution in [3.8, 4) is 0 Å². The first-order chi connectivity index (χ1) is 8.04. The number of carbonyl (C=O) groups excluding carboxylic acids is 1. The van der Waals surface area contributed by atoms with Gasteiger partial charge in [0, 0.05) is 10.8 Å². The number of hydrogen-bond acceptors (Lipinski definition) is 3. The minimum absolute atomic E-state index is 0.0817. The molecule has 0 saturated heterocycles. The minimum Gasteiger partial charge on any atom is -0.464 e. The van der Waals surface area contributed by atoms with Crippen LogP contribution in [0.2, 0.25) is 5.15 Å². The lowest BCUT2D eigenvalue weighted by molar-refractivity contribution is 0.0594. The van der Waals surface area contributed by atoms with Gasteiger partial charge in [-0.05, 0) is 18.2 Å². The van der Waals surface area contributed by atoms with Crippen LogP contribution in [-0.2, 0) is 4.74 Å². The zero-order chi connectivity index (χ0) is 12.6. The molecule has 1 heterocycles. The molecule has 17 heavy (non-hydrogen) atoms. The van der Waals surface area contributed by atoms with E-state index in [1.54, 1.807) is 0 Å². The Kier molecular flexibility index (Phi) is 2.93. The number of carbonyl (C=O) groups is 1. The van der Waals surface area contributed by atoms with Crippen molar-refractivity contribution in [1.29, 1.82) is 0 Å². The standard InChI is InChI=1S/C11H6ClF2NO2/c1-17-11(16)8-4-6-5(10(12)15-8)2-3-7(13)9(6)14/h2-4H,1H3. The van der Waals surface area contributed by atoms with Crippen molar-refractivity contribution < 1.29 is 18.3 Å². The Morgan fingerprint density at radius 1 is 1.35 bits per heavy atom. The molecule has 0 N–H and O–H groups in total. The van der Waals surface area contributed by atoms with Crippen LogP contribution in [0.3, 0.4) is 0 Å². The van der Waals surface area contributed by atoms with E-state index in [9.17, 15) is 13.6 Å². The third kappa shape index (κ3) is 1.93. The zero-order valence-electron chi connectivity index (χ0n) is 8.63. The number of nitrogens with zero attached hydrogens (tertiary/aromatic N) is 1. The average Bonchev–Trinajstić information content (AvgIpc) is 2.33. The van der Waals surface area contributed by atoms with Gasteiger partial charge in [-0.1, -0.05) is 11.6 Å². The lowest BCUT2D eigenvalue weighted by atomic mass is 10.1. The van der Waals surface area contributed by atoms with Crippen LogP contribution < -0.4 is 0 Å². The summed E-state index contributed by atoms with van der Waals surface area (Å²) in [6, 6.07) is 3.35. The topological polar surface area (TPSA) is 39.2 Å². The van der Waals surface area contributed by atoms with E-state index in [-0.39, 0.29) is 21.6 Å². The number of esters is 1.